The van der Waals surface area contributed by atoms with Crippen LogP contribution in [0.15, 0.2) is 55.6 Å². The molecule has 0 saturated heterocycles. The van der Waals surface area contributed by atoms with Crippen molar-refractivity contribution in [2.75, 3.05) is 6.61 Å². The third-order valence-electron chi connectivity index (χ3n) is 7.60. The Bertz CT molecular complexity index is 1010. The molecule has 2 rings (SSSR count). The van der Waals surface area contributed by atoms with Crippen LogP contribution in [0, 0.1) is 13.8 Å². The molecular formula is C33H48O4. The van der Waals surface area contributed by atoms with Gasteiger partial charge in [0.2, 0.25) is 0 Å². The van der Waals surface area contributed by atoms with Crippen molar-refractivity contribution in [3.63, 3.8) is 0 Å². The number of carboxylic acids is 1. The molecule has 0 atom stereocenters. The lowest BCUT2D eigenvalue weighted by Gasteiger charge is -2.34. The summed E-state index contributed by atoms with van der Waals surface area (Å²) < 4.78 is 5.95. The number of aliphatic hydroxyl groups is 1. The fraction of sp³-hybridized carbons (Fsp3) is 0.485. The van der Waals surface area contributed by atoms with Gasteiger partial charge in [-0.2, -0.15) is 0 Å². The minimum Gasteiger partial charge on any atom is -0.493 e. The summed E-state index contributed by atoms with van der Waals surface area (Å²) in [6, 6.07) is 13.2. The zero-order valence-electron chi connectivity index (χ0n) is 23.9. The van der Waals surface area contributed by atoms with Gasteiger partial charge in [-0.15, -0.1) is 13.2 Å². The number of benzene rings is 2. The minimum atomic E-state index is -0.760. The van der Waals surface area contributed by atoms with Crippen LogP contribution in [0.25, 0.3) is 6.08 Å². The Kier molecular flexibility index (Phi) is 13.4. The number of rotatable bonds is 14. The number of aliphatic carboxylic acids is 1. The summed E-state index contributed by atoms with van der Waals surface area (Å²) in [5.74, 6) is 0.102. The second kappa shape index (κ2) is 15.4. The average Bonchev–Trinajstić information content (AvgIpc) is 2.90. The quantitative estimate of drug-likeness (QED) is 0.198. The summed E-state index contributed by atoms with van der Waals surface area (Å²) >= 11 is 0. The van der Waals surface area contributed by atoms with Crippen LogP contribution in [0.3, 0.4) is 0 Å². The average molecular weight is 509 g/mol. The van der Waals surface area contributed by atoms with Gasteiger partial charge in [0.1, 0.15) is 5.75 Å². The lowest BCUT2D eigenvalue weighted by molar-refractivity contribution is -0.137. The Balaban J connectivity index is 0.00000334. The van der Waals surface area contributed by atoms with Crippen LogP contribution in [0.2, 0.25) is 0 Å². The molecule has 2 aromatic carbocycles. The van der Waals surface area contributed by atoms with E-state index in [1.807, 2.05) is 19.9 Å². The van der Waals surface area contributed by atoms with Crippen molar-refractivity contribution >= 4 is 12.0 Å². The highest BCUT2D eigenvalue weighted by atomic mass is 16.5. The van der Waals surface area contributed by atoms with E-state index in [0.29, 0.717) is 25.9 Å². The second-order valence-electron chi connectivity index (χ2n) is 9.68. The van der Waals surface area contributed by atoms with Gasteiger partial charge in [0.05, 0.1) is 12.2 Å². The van der Waals surface area contributed by atoms with Gasteiger partial charge in [0.25, 0.3) is 0 Å². The van der Waals surface area contributed by atoms with E-state index in [4.69, 9.17) is 9.84 Å². The van der Waals surface area contributed by atoms with Crippen LogP contribution in [0.4, 0.5) is 0 Å². The van der Waals surface area contributed by atoms with Gasteiger partial charge in [-0.3, -0.25) is 4.79 Å². The molecule has 37 heavy (non-hydrogen) atoms. The maximum atomic E-state index is 10.7. The number of hydrogen-bond donors (Lipinski definition) is 2. The summed E-state index contributed by atoms with van der Waals surface area (Å²) in [6.07, 6.45) is 8.90. The van der Waals surface area contributed by atoms with Crippen LogP contribution < -0.4 is 4.74 Å². The Labute approximate surface area is 225 Å². The highest BCUT2D eigenvalue weighted by molar-refractivity contribution is 5.66. The largest absolute Gasteiger partial charge is 0.493 e. The summed E-state index contributed by atoms with van der Waals surface area (Å²) in [5.41, 5.74) is 5.19. The van der Waals surface area contributed by atoms with Crippen molar-refractivity contribution in [1.29, 1.82) is 0 Å². The molecule has 0 saturated carbocycles. The van der Waals surface area contributed by atoms with E-state index in [-0.39, 0.29) is 11.8 Å². The lowest BCUT2D eigenvalue weighted by atomic mass is 9.70. The first-order valence-electron chi connectivity index (χ1n) is 13.6. The zero-order chi connectivity index (χ0) is 28.1. The molecule has 0 amide bonds. The molecule has 204 valence electrons. The fourth-order valence-corrected chi connectivity index (χ4v) is 4.79. The topological polar surface area (TPSA) is 66.8 Å². The first-order valence-corrected chi connectivity index (χ1v) is 13.6. The van der Waals surface area contributed by atoms with Crippen molar-refractivity contribution in [2.24, 2.45) is 0 Å². The molecule has 0 aliphatic carbocycles. The predicted octanol–water partition coefficient (Wildman–Crippen LogP) is 8.41. The van der Waals surface area contributed by atoms with E-state index in [2.05, 4.69) is 83.3 Å². The van der Waals surface area contributed by atoms with Gasteiger partial charge < -0.3 is 14.9 Å². The van der Waals surface area contributed by atoms with Gasteiger partial charge in [-0.05, 0) is 86.3 Å². The lowest BCUT2D eigenvalue weighted by Crippen LogP contribution is -2.26. The normalized spacial score (nSPS) is 11.8. The number of unbranched alkanes of at least 4 members (excludes halogenated alkanes) is 1. The molecule has 0 aliphatic rings. The molecular weight excluding hydrogens is 460 g/mol. The molecule has 0 unspecified atom stereocenters. The van der Waals surface area contributed by atoms with Crippen molar-refractivity contribution in [1.82, 2.24) is 0 Å². The molecule has 2 aromatic rings. The fourth-order valence-electron chi connectivity index (χ4n) is 4.79. The Morgan fingerprint density at radius 3 is 1.95 bits per heavy atom. The zero-order valence-corrected chi connectivity index (χ0v) is 23.9. The summed E-state index contributed by atoms with van der Waals surface area (Å²) in [6.45, 7) is 19.3. The van der Waals surface area contributed by atoms with Gasteiger partial charge >= 0.3 is 5.97 Å². The van der Waals surface area contributed by atoms with E-state index in [1.54, 1.807) is 0 Å². The molecule has 0 aromatic heterocycles. The Hall–Kier alpha value is -2.85. The predicted molar refractivity (Wildman–Crippen MR) is 157 cm³/mol. The molecule has 0 spiro atoms. The van der Waals surface area contributed by atoms with Crippen LogP contribution in [-0.2, 0) is 10.2 Å². The van der Waals surface area contributed by atoms with E-state index in [9.17, 15) is 9.90 Å². The van der Waals surface area contributed by atoms with E-state index < -0.39 is 11.6 Å². The molecule has 0 heterocycles. The van der Waals surface area contributed by atoms with E-state index in [0.717, 1.165) is 36.1 Å². The molecule has 4 nitrogen and oxygen atoms in total. The smallest absolute Gasteiger partial charge is 0.303 e. The van der Waals surface area contributed by atoms with Crippen molar-refractivity contribution in [3.05, 3.63) is 83.4 Å². The van der Waals surface area contributed by atoms with Crippen LogP contribution in [0.1, 0.15) is 100 Å². The van der Waals surface area contributed by atoms with E-state index in [1.165, 1.54) is 16.7 Å². The van der Waals surface area contributed by atoms with Gasteiger partial charge in [0, 0.05) is 11.8 Å². The first-order chi connectivity index (χ1) is 17.6. The molecule has 0 aliphatic heterocycles. The monoisotopic (exact) mass is 508 g/mol. The molecule has 0 radical (unpaired) electrons. The van der Waals surface area contributed by atoms with E-state index >= 15 is 0 Å². The number of ether oxygens (including phenoxy) is 1. The maximum Gasteiger partial charge on any atom is 0.303 e. The number of carboxylic acid groups (broad SMARTS) is 1. The highest BCUT2D eigenvalue weighted by Crippen LogP contribution is 2.41. The standard InChI is InChI=1S/C31H44O4.C2H4/c1-7-30(34,8-2)19-18-25-14-15-26(21-23(25)5)31(9-3,10-4)27-16-17-28(24(6)22-27)35-20-12-11-13-29(32)33;1-2/h14-19,21-22,34H,7-13,20H2,1-6H3,(H,32,33);1-2H2/b19-18+;. The van der Waals surface area contributed by atoms with Gasteiger partial charge in [-0.25, -0.2) is 0 Å². The first kappa shape index (κ1) is 32.2. The molecule has 0 bridgehead atoms. The van der Waals surface area contributed by atoms with Crippen molar-refractivity contribution in [3.8, 4) is 5.75 Å². The third-order valence-corrected chi connectivity index (χ3v) is 7.60. The second-order valence-corrected chi connectivity index (χ2v) is 9.68. The van der Waals surface area contributed by atoms with Crippen molar-refractivity contribution in [2.45, 2.75) is 97.5 Å². The molecule has 4 heteroatoms. The summed E-state index contributed by atoms with van der Waals surface area (Å²) in [4.78, 5) is 10.7. The highest BCUT2D eigenvalue weighted by Gasteiger charge is 2.31. The Morgan fingerprint density at radius 1 is 0.892 bits per heavy atom. The van der Waals surface area contributed by atoms with Gasteiger partial charge in [-0.1, -0.05) is 70.2 Å². The third kappa shape index (κ3) is 8.60. The molecule has 2 N–H and O–H groups in total. The minimum absolute atomic E-state index is 0.0919. The van der Waals surface area contributed by atoms with Gasteiger partial charge in [0.15, 0.2) is 0 Å². The summed E-state index contributed by atoms with van der Waals surface area (Å²) in [7, 11) is 0. The Morgan fingerprint density at radius 2 is 1.46 bits per heavy atom. The molecule has 0 fully saturated rings. The van der Waals surface area contributed by atoms with Crippen LogP contribution >= 0.6 is 0 Å². The van der Waals surface area contributed by atoms with Crippen molar-refractivity contribution < 1.29 is 19.7 Å². The summed E-state index contributed by atoms with van der Waals surface area (Å²) in [5, 5.41) is 19.4. The maximum absolute atomic E-state index is 10.7. The number of carbonyl (C=O) groups is 1. The SMILES string of the molecule is C=C.CCC(O)(/C=C/c1ccc(C(CC)(CC)c2ccc(OCCCCC(=O)O)c(C)c2)cc1C)CC. The number of hydrogen-bond acceptors (Lipinski definition) is 3. The number of aryl methyl sites for hydroxylation is 2. The van der Waals surface area contributed by atoms with Crippen LogP contribution in [-0.4, -0.2) is 28.4 Å². The van der Waals surface area contributed by atoms with Crippen LogP contribution in [0.5, 0.6) is 5.75 Å².